The number of benzene rings is 2. The van der Waals surface area contributed by atoms with Crippen molar-refractivity contribution in [2.24, 2.45) is 4.99 Å². The summed E-state index contributed by atoms with van der Waals surface area (Å²) in [4.78, 5) is 19.6. The maximum atomic E-state index is 13.3. The molecule has 26 heavy (non-hydrogen) atoms. The number of rotatable bonds is 1. The van der Waals surface area contributed by atoms with Crippen molar-refractivity contribution in [1.29, 1.82) is 0 Å². The number of carbonyl (C=O) groups is 1. The predicted molar refractivity (Wildman–Crippen MR) is 104 cm³/mol. The zero-order valence-electron chi connectivity index (χ0n) is 14.2. The van der Waals surface area contributed by atoms with Gasteiger partial charge in [-0.1, -0.05) is 39.8 Å². The highest BCUT2D eigenvalue weighted by atomic mass is 79.9. The van der Waals surface area contributed by atoms with Crippen LogP contribution in [0.4, 0.5) is 4.39 Å². The van der Waals surface area contributed by atoms with Crippen molar-refractivity contribution in [3.8, 4) is 5.75 Å². The van der Waals surface area contributed by atoms with Crippen molar-refractivity contribution < 1.29 is 13.9 Å². The standard InChI is InChI=1S/C19H16BrFN2O2S/c1-23-17(24)19(22-18(23)26-2)10-16(11-3-6-13(21)7-4-11)25-15-8-5-12(20)9-14(15)19/h3-9,16H,10H2,1-2H3. The van der Waals surface area contributed by atoms with E-state index in [2.05, 4.69) is 15.9 Å². The van der Waals surface area contributed by atoms with Crippen LogP contribution < -0.4 is 4.74 Å². The SMILES string of the molecule is CSC1=NC2(CC(c3ccc(F)cc3)Oc3ccc(Br)cc32)C(=O)N1C. The molecule has 2 heterocycles. The number of nitrogens with zero attached hydrogens (tertiary/aromatic N) is 2. The number of hydrogen-bond acceptors (Lipinski definition) is 4. The summed E-state index contributed by atoms with van der Waals surface area (Å²) in [6.07, 6.45) is 1.89. The van der Waals surface area contributed by atoms with E-state index < -0.39 is 5.54 Å². The van der Waals surface area contributed by atoms with Gasteiger partial charge in [-0.2, -0.15) is 0 Å². The predicted octanol–water partition coefficient (Wildman–Crippen LogP) is 4.50. The van der Waals surface area contributed by atoms with E-state index in [4.69, 9.17) is 9.73 Å². The van der Waals surface area contributed by atoms with Gasteiger partial charge in [0.15, 0.2) is 10.7 Å². The van der Waals surface area contributed by atoms with E-state index in [-0.39, 0.29) is 17.8 Å². The smallest absolute Gasteiger partial charge is 0.261 e. The van der Waals surface area contributed by atoms with E-state index in [1.54, 1.807) is 24.1 Å². The van der Waals surface area contributed by atoms with Crippen LogP contribution in [0, 0.1) is 5.82 Å². The largest absolute Gasteiger partial charge is 0.485 e. The third-order valence-corrected chi connectivity index (χ3v) is 6.02. The highest BCUT2D eigenvalue weighted by Gasteiger charge is 2.53. The molecular weight excluding hydrogens is 419 g/mol. The Morgan fingerprint density at radius 3 is 2.69 bits per heavy atom. The molecule has 2 aromatic carbocycles. The van der Waals surface area contributed by atoms with E-state index in [1.165, 1.54) is 23.9 Å². The summed E-state index contributed by atoms with van der Waals surface area (Å²) < 4.78 is 20.3. The Hall–Kier alpha value is -1.86. The zero-order chi connectivity index (χ0) is 18.5. The van der Waals surface area contributed by atoms with Gasteiger partial charge < -0.3 is 4.74 Å². The molecule has 4 rings (SSSR count). The molecule has 2 atom stereocenters. The fraction of sp³-hybridized carbons (Fsp3) is 0.263. The first kappa shape index (κ1) is 17.5. The summed E-state index contributed by atoms with van der Waals surface area (Å²) in [5.74, 6) is 0.251. The van der Waals surface area contributed by atoms with Gasteiger partial charge in [-0.05, 0) is 42.2 Å². The first-order valence-electron chi connectivity index (χ1n) is 8.09. The number of carbonyl (C=O) groups excluding carboxylic acids is 1. The maximum absolute atomic E-state index is 13.3. The van der Waals surface area contributed by atoms with Gasteiger partial charge in [0.25, 0.3) is 5.91 Å². The highest BCUT2D eigenvalue weighted by molar-refractivity contribution is 9.10. The quantitative estimate of drug-likeness (QED) is 0.663. The molecule has 2 unspecified atom stereocenters. The molecule has 4 nitrogen and oxygen atoms in total. The number of thioether (sulfide) groups is 1. The van der Waals surface area contributed by atoms with Crippen LogP contribution in [-0.4, -0.2) is 29.3 Å². The summed E-state index contributed by atoms with van der Waals surface area (Å²) in [5.41, 5.74) is 0.553. The van der Waals surface area contributed by atoms with E-state index in [0.29, 0.717) is 17.3 Å². The minimum absolute atomic E-state index is 0.0726. The Bertz CT molecular complexity index is 918. The lowest BCUT2D eigenvalue weighted by atomic mass is 9.80. The summed E-state index contributed by atoms with van der Waals surface area (Å²) in [6.45, 7) is 0. The van der Waals surface area contributed by atoms with Crippen LogP contribution >= 0.6 is 27.7 Å². The van der Waals surface area contributed by atoms with Gasteiger partial charge in [0, 0.05) is 23.5 Å². The highest BCUT2D eigenvalue weighted by Crippen LogP contribution is 2.51. The second-order valence-electron chi connectivity index (χ2n) is 6.33. The molecule has 1 amide bonds. The minimum atomic E-state index is -1.02. The van der Waals surface area contributed by atoms with Crippen molar-refractivity contribution in [3.63, 3.8) is 0 Å². The topological polar surface area (TPSA) is 41.9 Å². The van der Waals surface area contributed by atoms with Crippen molar-refractivity contribution in [1.82, 2.24) is 4.90 Å². The molecule has 0 saturated carbocycles. The number of amides is 1. The van der Waals surface area contributed by atoms with Crippen molar-refractivity contribution in [3.05, 3.63) is 63.9 Å². The van der Waals surface area contributed by atoms with Gasteiger partial charge in [-0.15, -0.1) is 0 Å². The second kappa shape index (κ2) is 6.39. The van der Waals surface area contributed by atoms with Crippen LogP contribution in [0.5, 0.6) is 5.75 Å². The van der Waals surface area contributed by atoms with E-state index >= 15 is 0 Å². The third kappa shape index (κ3) is 2.65. The van der Waals surface area contributed by atoms with Crippen molar-refractivity contribution >= 4 is 38.8 Å². The molecule has 0 bridgehead atoms. The normalized spacial score (nSPS) is 24.5. The second-order valence-corrected chi connectivity index (χ2v) is 8.01. The van der Waals surface area contributed by atoms with E-state index in [1.807, 2.05) is 24.5 Å². The lowest BCUT2D eigenvalue weighted by Crippen LogP contribution is -2.42. The molecule has 0 N–H and O–H groups in total. The number of amidine groups is 1. The molecule has 2 aromatic rings. The lowest BCUT2D eigenvalue weighted by molar-refractivity contribution is -0.132. The monoisotopic (exact) mass is 434 g/mol. The van der Waals surface area contributed by atoms with Gasteiger partial charge in [0.2, 0.25) is 0 Å². The fourth-order valence-corrected chi connectivity index (χ4v) is 4.47. The van der Waals surface area contributed by atoms with Gasteiger partial charge in [-0.25, -0.2) is 9.38 Å². The van der Waals surface area contributed by atoms with E-state index in [0.717, 1.165) is 15.6 Å². The van der Waals surface area contributed by atoms with Crippen LogP contribution in [0.3, 0.4) is 0 Å². The number of fused-ring (bicyclic) bond motifs is 2. The Balaban J connectivity index is 1.87. The number of halogens is 2. The van der Waals surface area contributed by atoms with Gasteiger partial charge >= 0.3 is 0 Å². The molecule has 0 aliphatic carbocycles. The van der Waals surface area contributed by atoms with Gasteiger partial charge in [-0.3, -0.25) is 9.69 Å². The Labute approximate surface area is 163 Å². The molecule has 2 aliphatic heterocycles. The molecule has 134 valence electrons. The molecule has 0 fully saturated rings. The summed E-state index contributed by atoms with van der Waals surface area (Å²) in [5, 5.41) is 0.681. The lowest BCUT2D eigenvalue weighted by Gasteiger charge is -2.37. The third-order valence-electron chi connectivity index (χ3n) is 4.79. The summed E-state index contributed by atoms with van der Waals surface area (Å²) in [6, 6.07) is 11.8. The molecule has 2 aliphatic rings. The zero-order valence-corrected chi connectivity index (χ0v) is 16.6. The average molecular weight is 435 g/mol. The Kier molecular flexibility index (Phi) is 4.31. The maximum Gasteiger partial charge on any atom is 0.261 e. The molecule has 7 heteroatoms. The minimum Gasteiger partial charge on any atom is -0.485 e. The summed E-state index contributed by atoms with van der Waals surface area (Å²) in [7, 11) is 1.74. The fourth-order valence-electron chi connectivity index (χ4n) is 3.51. The van der Waals surface area contributed by atoms with E-state index in [9.17, 15) is 9.18 Å². The number of aliphatic imine (C=N–C) groups is 1. The van der Waals surface area contributed by atoms with Gasteiger partial charge in [0.1, 0.15) is 17.7 Å². The molecule has 1 spiro atoms. The van der Waals surface area contributed by atoms with Crippen LogP contribution in [-0.2, 0) is 10.3 Å². The van der Waals surface area contributed by atoms with Crippen LogP contribution in [0.1, 0.15) is 23.7 Å². The van der Waals surface area contributed by atoms with Crippen LogP contribution in [0.25, 0.3) is 0 Å². The number of ether oxygens (including phenoxy) is 1. The van der Waals surface area contributed by atoms with Crippen LogP contribution in [0.15, 0.2) is 51.9 Å². The molecule has 0 saturated heterocycles. The Morgan fingerprint density at radius 2 is 2.04 bits per heavy atom. The van der Waals surface area contributed by atoms with Crippen LogP contribution in [0.2, 0.25) is 0 Å². The Morgan fingerprint density at radius 1 is 1.31 bits per heavy atom. The average Bonchev–Trinajstić information content (AvgIpc) is 2.88. The van der Waals surface area contributed by atoms with Gasteiger partial charge in [0.05, 0.1) is 0 Å². The first-order chi connectivity index (χ1) is 12.4. The van der Waals surface area contributed by atoms with Crippen molar-refractivity contribution in [2.75, 3.05) is 13.3 Å². The molecule has 0 aromatic heterocycles. The van der Waals surface area contributed by atoms with Crippen molar-refractivity contribution in [2.45, 2.75) is 18.1 Å². The summed E-state index contributed by atoms with van der Waals surface area (Å²) >= 11 is 4.92. The number of hydrogen-bond donors (Lipinski definition) is 0. The first-order valence-corrected chi connectivity index (χ1v) is 10.1. The number of likely N-dealkylation sites (N-methyl/N-ethyl adjacent to an activating group) is 1. The molecule has 0 radical (unpaired) electrons. The molecular formula is C19H16BrFN2O2S.